The molecule has 3 rings (SSSR count). The van der Waals surface area contributed by atoms with Crippen molar-refractivity contribution in [2.75, 3.05) is 18.6 Å². The zero-order valence-corrected chi connectivity index (χ0v) is 9.65. The predicted octanol–water partition coefficient (Wildman–Crippen LogP) is 1.55. The van der Waals surface area contributed by atoms with Gasteiger partial charge in [-0.15, -0.1) is 0 Å². The smallest absolute Gasteiger partial charge is 0.119 e. The lowest BCUT2D eigenvalue weighted by Gasteiger charge is -2.35. The summed E-state index contributed by atoms with van der Waals surface area (Å²) in [6, 6.07) is 7.39. The second-order valence-corrected chi connectivity index (χ2v) is 4.84. The van der Waals surface area contributed by atoms with E-state index in [9.17, 15) is 0 Å². The Balaban J connectivity index is 1.94. The van der Waals surface area contributed by atoms with Gasteiger partial charge < -0.3 is 15.4 Å². The van der Waals surface area contributed by atoms with Gasteiger partial charge in [0.1, 0.15) is 5.75 Å². The lowest BCUT2D eigenvalue weighted by Crippen LogP contribution is -2.47. The first kappa shape index (κ1) is 9.97. The zero-order valence-electron chi connectivity index (χ0n) is 9.65. The largest absolute Gasteiger partial charge is 0.497 e. The van der Waals surface area contributed by atoms with Gasteiger partial charge in [-0.3, -0.25) is 0 Å². The molecule has 0 amide bonds. The van der Waals surface area contributed by atoms with Crippen LogP contribution in [0.3, 0.4) is 0 Å². The number of benzene rings is 1. The number of rotatable bonds is 1. The van der Waals surface area contributed by atoms with Crippen molar-refractivity contribution in [2.45, 2.75) is 31.3 Å². The van der Waals surface area contributed by atoms with Crippen molar-refractivity contribution < 1.29 is 4.74 Å². The first-order valence-electron chi connectivity index (χ1n) is 5.97. The minimum atomic E-state index is 0.337. The minimum absolute atomic E-state index is 0.337. The molecule has 2 atom stereocenters. The normalized spacial score (nSPS) is 27.5. The van der Waals surface area contributed by atoms with Crippen LogP contribution < -0.4 is 15.4 Å². The van der Waals surface area contributed by atoms with Crippen LogP contribution in [0.2, 0.25) is 0 Å². The maximum atomic E-state index is 6.04. The molecule has 0 saturated carbocycles. The molecule has 2 unspecified atom stereocenters. The van der Waals surface area contributed by atoms with Crippen LogP contribution in [-0.4, -0.2) is 25.7 Å². The number of ether oxygens (including phenoxy) is 1. The van der Waals surface area contributed by atoms with E-state index < -0.39 is 0 Å². The molecule has 2 aliphatic rings. The number of nitrogens with two attached hydrogens (primary N) is 1. The highest BCUT2D eigenvalue weighted by atomic mass is 16.5. The van der Waals surface area contributed by atoms with E-state index in [-0.39, 0.29) is 0 Å². The highest BCUT2D eigenvalue weighted by molar-refractivity contribution is 5.62. The molecule has 86 valence electrons. The fourth-order valence-corrected chi connectivity index (χ4v) is 2.95. The minimum Gasteiger partial charge on any atom is -0.497 e. The molecule has 1 fully saturated rings. The highest BCUT2D eigenvalue weighted by Crippen LogP contribution is 2.38. The summed E-state index contributed by atoms with van der Waals surface area (Å²) >= 11 is 0. The van der Waals surface area contributed by atoms with Gasteiger partial charge in [0.25, 0.3) is 0 Å². The van der Waals surface area contributed by atoms with E-state index in [2.05, 4.69) is 17.0 Å². The Morgan fingerprint density at radius 1 is 1.38 bits per heavy atom. The number of hydrogen-bond donors (Lipinski definition) is 1. The number of nitrogens with zero attached hydrogens (tertiary/aromatic N) is 1. The molecule has 0 aromatic heterocycles. The van der Waals surface area contributed by atoms with Crippen LogP contribution >= 0.6 is 0 Å². The van der Waals surface area contributed by atoms with Gasteiger partial charge in [0.05, 0.1) is 7.11 Å². The summed E-state index contributed by atoms with van der Waals surface area (Å²) in [5.41, 5.74) is 8.81. The standard InChI is InChI=1S/C13H18N2O/c1-16-12-4-5-13-9(7-12)6-11-3-2-10(14)8-15(11)13/h4-5,7,10-11H,2-3,6,8,14H2,1H3. The second-order valence-electron chi connectivity index (χ2n) is 4.84. The van der Waals surface area contributed by atoms with Gasteiger partial charge >= 0.3 is 0 Å². The maximum Gasteiger partial charge on any atom is 0.119 e. The molecule has 1 saturated heterocycles. The van der Waals surface area contributed by atoms with Crippen molar-refractivity contribution in [2.24, 2.45) is 5.73 Å². The van der Waals surface area contributed by atoms with Crippen molar-refractivity contribution >= 4 is 5.69 Å². The molecule has 2 heterocycles. The number of piperidine rings is 1. The summed E-state index contributed by atoms with van der Waals surface area (Å²) in [6.45, 7) is 1.00. The van der Waals surface area contributed by atoms with Crippen LogP contribution in [0.1, 0.15) is 18.4 Å². The van der Waals surface area contributed by atoms with E-state index in [1.54, 1.807) is 7.11 Å². The fraction of sp³-hybridized carbons (Fsp3) is 0.538. The van der Waals surface area contributed by atoms with Crippen LogP contribution in [0.25, 0.3) is 0 Å². The lowest BCUT2D eigenvalue weighted by molar-refractivity contribution is 0.414. The quantitative estimate of drug-likeness (QED) is 0.777. The van der Waals surface area contributed by atoms with E-state index in [1.165, 1.54) is 17.7 Å². The average Bonchev–Trinajstić information content (AvgIpc) is 2.66. The third kappa shape index (κ3) is 1.47. The molecule has 2 aliphatic heterocycles. The first-order chi connectivity index (χ1) is 7.78. The lowest BCUT2D eigenvalue weighted by atomic mass is 9.99. The summed E-state index contributed by atoms with van der Waals surface area (Å²) in [7, 11) is 1.72. The number of anilines is 1. The molecular formula is C13H18N2O. The van der Waals surface area contributed by atoms with Crippen LogP contribution in [-0.2, 0) is 6.42 Å². The Morgan fingerprint density at radius 3 is 3.06 bits per heavy atom. The molecule has 0 radical (unpaired) electrons. The van der Waals surface area contributed by atoms with E-state index in [4.69, 9.17) is 10.5 Å². The van der Waals surface area contributed by atoms with Gasteiger partial charge in [-0.05, 0) is 43.0 Å². The van der Waals surface area contributed by atoms with Gasteiger partial charge in [0.2, 0.25) is 0 Å². The van der Waals surface area contributed by atoms with E-state index in [0.29, 0.717) is 12.1 Å². The predicted molar refractivity (Wildman–Crippen MR) is 65.0 cm³/mol. The van der Waals surface area contributed by atoms with Crippen LogP contribution in [0.15, 0.2) is 18.2 Å². The Hall–Kier alpha value is -1.22. The Bertz CT molecular complexity index is 405. The molecular weight excluding hydrogens is 200 g/mol. The van der Waals surface area contributed by atoms with Crippen molar-refractivity contribution in [1.29, 1.82) is 0 Å². The molecule has 16 heavy (non-hydrogen) atoms. The van der Waals surface area contributed by atoms with Gasteiger partial charge in [-0.2, -0.15) is 0 Å². The number of hydrogen-bond acceptors (Lipinski definition) is 3. The van der Waals surface area contributed by atoms with Gasteiger partial charge in [-0.25, -0.2) is 0 Å². The monoisotopic (exact) mass is 218 g/mol. The highest BCUT2D eigenvalue weighted by Gasteiger charge is 2.33. The van der Waals surface area contributed by atoms with Crippen LogP contribution in [0.4, 0.5) is 5.69 Å². The number of fused-ring (bicyclic) bond motifs is 3. The van der Waals surface area contributed by atoms with Gasteiger partial charge in [0.15, 0.2) is 0 Å². The first-order valence-corrected chi connectivity index (χ1v) is 5.97. The Morgan fingerprint density at radius 2 is 2.25 bits per heavy atom. The summed E-state index contributed by atoms with van der Waals surface area (Å²) in [6.07, 6.45) is 3.53. The van der Waals surface area contributed by atoms with E-state index in [0.717, 1.165) is 25.1 Å². The summed E-state index contributed by atoms with van der Waals surface area (Å²) < 4.78 is 5.27. The average molecular weight is 218 g/mol. The molecule has 0 spiro atoms. The Kier molecular flexibility index (Phi) is 2.28. The van der Waals surface area contributed by atoms with Gasteiger partial charge in [-0.1, -0.05) is 0 Å². The molecule has 3 nitrogen and oxygen atoms in total. The fourth-order valence-electron chi connectivity index (χ4n) is 2.95. The maximum absolute atomic E-state index is 6.04. The van der Waals surface area contributed by atoms with Crippen LogP contribution in [0, 0.1) is 0 Å². The van der Waals surface area contributed by atoms with Crippen molar-refractivity contribution in [1.82, 2.24) is 0 Å². The SMILES string of the molecule is COc1ccc2c(c1)CC1CCC(N)CN21. The molecule has 3 heteroatoms. The third-order valence-corrected chi connectivity index (χ3v) is 3.79. The summed E-state index contributed by atoms with van der Waals surface area (Å²) in [4.78, 5) is 2.48. The molecule has 0 bridgehead atoms. The van der Waals surface area contributed by atoms with Gasteiger partial charge in [0, 0.05) is 24.3 Å². The second kappa shape index (κ2) is 3.67. The number of methoxy groups -OCH3 is 1. The molecule has 2 N–H and O–H groups in total. The zero-order chi connectivity index (χ0) is 11.1. The summed E-state index contributed by atoms with van der Waals surface area (Å²) in [5, 5.41) is 0. The molecule has 0 aliphatic carbocycles. The van der Waals surface area contributed by atoms with Crippen molar-refractivity contribution in [3.05, 3.63) is 23.8 Å². The van der Waals surface area contributed by atoms with E-state index >= 15 is 0 Å². The molecule has 1 aromatic carbocycles. The third-order valence-electron chi connectivity index (χ3n) is 3.79. The topological polar surface area (TPSA) is 38.5 Å². The molecule has 1 aromatic rings. The van der Waals surface area contributed by atoms with Crippen molar-refractivity contribution in [3.8, 4) is 5.75 Å². The summed E-state index contributed by atoms with van der Waals surface area (Å²) in [5.74, 6) is 0.961. The Labute approximate surface area is 96.2 Å². The van der Waals surface area contributed by atoms with Crippen LogP contribution in [0.5, 0.6) is 5.75 Å². The van der Waals surface area contributed by atoms with E-state index in [1.807, 2.05) is 6.07 Å². The van der Waals surface area contributed by atoms with Crippen molar-refractivity contribution in [3.63, 3.8) is 0 Å².